The van der Waals surface area contributed by atoms with Gasteiger partial charge >= 0.3 is 0 Å². The molecule has 0 radical (unpaired) electrons. The second-order valence-electron chi connectivity index (χ2n) is 25.7. The average Bonchev–Trinajstić information content (AvgIpc) is 1.69. The number of thioether (sulfide) groups is 3. The summed E-state index contributed by atoms with van der Waals surface area (Å²) in [7, 11) is 0. The number of hydrogen-bond acceptors (Lipinski definition) is 26. The SMILES string of the molecule is OCC1O[C@@H](Sc2c(F)c(F)c(-c3c4nc(c(-c5c(F)c(F)c(SC6O[C@H](CO)C(O)C(O)[C@H]6O)c(F)c5F)c5ccc([nH]5)c(-c5c(F)c(F)c(S[C@@H]6OC(CO)[C@H](O)C(O)C6O)c(F)c5F)c5nc(c(-c6cccc(O[C@@H]7OC(CO)(CO)CC(O)C7O)c6)c6ccc3[nH]6)C=C5)C=C4)c(F)c2F)C(O)C(O)[C@H]1O. The summed E-state index contributed by atoms with van der Waals surface area (Å²) in [5, 5.41) is 167. The molecule has 0 amide bonds. The molecule has 3 aromatic heterocycles. The molecular formula is C69H60F12N4O21S3. The van der Waals surface area contributed by atoms with E-state index in [4.69, 9.17) is 23.7 Å². The highest BCUT2D eigenvalue weighted by Gasteiger charge is 2.50. The van der Waals surface area contributed by atoms with Crippen LogP contribution in [0, 0.1) is 69.8 Å². The number of H-pyrrole nitrogens is 2. The Hall–Kier alpha value is -7.31. The lowest BCUT2D eigenvalue weighted by Gasteiger charge is -2.43. The molecule has 0 saturated carbocycles. The van der Waals surface area contributed by atoms with Gasteiger partial charge in [-0.2, -0.15) is 0 Å². The molecule has 9 heterocycles. The van der Waals surface area contributed by atoms with Crippen molar-refractivity contribution in [3.05, 3.63) is 141 Å². The van der Waals surface area contributed by atoms with Crippen molar-refractivity contribution in [1.29, 1.82) is 0 Å². The molecule has 0 aliphatic carbocycles. The van der Waals surface area contributed by atoms with Crippen molar-refractivity contribution in [3.8, 4) is 50.3 Å². The van der Waals surface area contributed by atoms with Gasteiger partial charge in [-0.25, -0.2) is 62.7 Å². The summed E-state index contributed by atoms with van der Waals surface area (Å²) in [6.45, 7) is -5.04. The van der Waals surface area contributed by atoms with Crippen molar-refractivity contribution in [2.75, 3.05) is 33.0 Å². The van der Waals surface area contributed by atoms with Crippen LogP contribution in [0.4, 0.5) is 52.7 Å². The first kappa shape index (κ1) is 79.8. The van der Waals surface area contributed by atoms with Gasteiger partial charge in [0.25, 0.3) is 0 Å². The first-order valence-electron chi connectivity index (χ1n) is 32.5. The van der Waals surface area contributed by atoms with Crippen LogP contribution in [0.15, 0.2) is 63.2 Å². The molecule has 25 nitrogen and oxygen atoms in total. The fraction of sp³-hybridized carbons (Fsp3) is 0.362. The quantitative estimate of drug-likeness (QED) is 0.0448. The zero-order valence-electron chi connectivity index (χ0n) is 54.9. The summed E-state index contributed by atoms with van der Waals surface area (Å²) >= 11 is -0.814. The summed E-state index contributed by atoms with van der Waals surface area (Å²) in [6, 6.07) is 8.72. The molecule has 11 unspecified atom stereocenters. The Bertz CT molecular complexity index is 4780. The van der Waals surface area contributed by atoms with Crippen molar-refractivity contribution < 1.29 is 158 Å². The lowest BCUT2D eigenvalue weighted by molar-refractivity contribution is -0.288. The molecular weight excluding hydrogens is 1540 g/mol. The number of fused-ring (bicyclic) bond motifs is 8. The molecule has 6 aliphatic heterocycles. The predicted molar refractivity (Wildman–Crippen MR) is 358 cm³/mol. The van der Waals surface area contributed by atoms with Gasteiger partial charge in [-0.15, -0.1) is 0 Å². The molecule has 18 atom stereocenters. The minimum Gasteiger partial charge on any atom is -0.462 e. The van der Waals surface area contributed by atoms with Crippen molar-refractivity contribution in [2.45, 2.75) is 135 Å². The Morgan fingerprint density at radius 2 is 0.697 bits per heavy atom. The normalized spacial score (nSPS) is 28.3. The molecule has 6 aliphatic rings. The molecule has 4 aromatic carbocycles. The van der Waals surface area contributed by atoms with E-state index in [0.29, 0.717) is 0 Å². The molecule has 4 saturated heterocycles. The predicted octanol–water partition coefficient (Wildman–Crippen LogP) is 4.24. The lowest BCUT2D eigenvalue weighted by atomic mass is 9.91. The number of aliphatic hydroxyl groups excluding tert-OH is 16. The van der Waals surface area contributed by atoms with E-state index in [2.05, 4.69) is 19.9 Å². The van der Waals surface area contributed by atoms with Crippen LogP contribution in [-0.2, 0) is 18.9 Å². The van der Waals surface area contributed by atoms with Gasteiger partial charge in [0.05, 0.1) is 93.3 Å². The second-order valence-corrected chi connectivity index (χ2v) is 29.0. The van der Waals surface area contributed by atoms with Crippen LogP contribution in [0.25, 0.3) is 90.9 Å². The highest BCUT2D eigenvalue weighted by Crippen LogP contribution is 2.49. The van der Waals surface area contributed by atoms with E-state index < -0.39 is 310 Å². The number of benzene rings is 4. The van der Waals surface area contributed by atoms with Crippen molar-refractivity contribution in [2.24, 2.45) is 0 Å². The topological polar surface area (TPSA) is 427 Å². The van der Waals surface area contributed by atoms with E-state index in [1.807, 2.05) is 0 Å². The smallest absolute Gasteiger partial charge is 0.229 e. The molecule has 584 valence electrons. The van der Waals surface area contributed by atoms with Crippen molar-refractivity contribution in [1.82, 2.24) is 19.9 Å². The summed E-state index contributed by atoms with van der Waals surface area (Å²) in [4.78, 5) is 9.56. The second kappa shape index (κ2) is 31.3. The summed E-state index contributed by atoms with van der Waals surface area (Å²) < 4.78 is 236. The standard InChI is InChI=1S/C69H60F12N4O21S3/c70-40-37(41(71)47(77)62(46(40)76)107-66-59(99)56(96)53(93)30(14-86)103-66)34-23-6-4-21(82-23)33(19-2-1-3-20(12-19)102-65-52(92)29(91)13-69(17-89,18-90)106-65)22-5-7-24(83-22)35(38-42(72)48(78)63(49(79)43(38)73)108-67-60(100)57(97)54(94)31(15-87)104-67)26-9-11-28(85-26)36(27-10-8-25(34)84-27)39-44(74)50(80)64(51(81)45(39)75)109-68-61(101)58(98)55(95)32(16-88)105-68/h1-12,29-32,52-61,65-68,82,85-101H,13-18H2/t29?,30?,31?,32-,52?,53+,54+,55?,56?,57?,58?,59?,60?,61-,65-,66+,67+,68?/m1/s1. The van der Waals surface area contributed by atoms with Crippen LogP contribution in [0.3, 0.4) is 0 Å². The van der Waals surface area contributed by atoms with E-state index in [1.54, 1.807) is 0 Å². The van der Waals surface area contributed by atoms with Gasteiger partial charge in [0.15, 0.2) is 69.8 Å². The molecule has 109 heavy (non-hydrogen) atoms. The van der Waals surface area contributed by atoms with Gasteiger partial charge in [-0.05, 0) is 66.3 Å². The molecule has 40 heteroatoms. The minimum absolute atomic E-state index is 0.106. The van der Waals surface area contributed by atoms with Crippen LogP contribution >= 0.6 is 35.3 Å². The van der Waals surface area contributed by atoms with Gasteiger partial charge in [-0.1, -0.05) is 47.4 Å². The third-order valence-corrected chi connectivity index (χ3v) is 22.6. The zero-order chi connectivity index (χ0) is 78.6. The van der Waals surface area contributed by atoms with Gasteiger partial charge in [0, 0.05) is 50.7 Å². The van der Waals surface area contributed by atoms with Crippen LogP contribution in [0.2, 0.25) is 0 Å². The van der Waals surface area contributed by atoms with E-state index in [1.165, 1.54) is 24.3 Å². The summed E-state index contributed by atoms with van der Waals surface area (Å²) in [5.41, 5.74) is -22.6. The van der Waals surface area contributed by atoms with E-state index in [9.17, 15) is 81.7 Å². The van der Waals surface area contributed by atoms with Crippen LogP contribution < -0.4 is 4.74 Å². The van der Waals surface area contributed by atoms with E-state index in [0.717, 1.165) is 48.6 Å². The number of nitrogens with one attached hydrogen (secondary N) is 2. The zero-order valence-corrected chi connectivity index (χ0v) is 57.4. The fourth-order valence-electron chi connectivity index (χ4n) is 13.2. The Morgan fingerprint density at radius 1 is 0.385 bits per heavy atom. The maximum atomic E-state index is 17.6. The van der Waals surface area contributed by atoms with E-state index >= 15 is 52.7 Å². The van der Waals surface area contributed by atoms with Gasteiger partial charge < -0.3 is 115 Å². The van der Waals surface area contributed by atoms with Crippen LogP contribution in [0.1, 0.15) is 29.2 Å². The Morgan fingerprint density at radius 3 is 1.01 bits per heavy atom. The highest BCUT2D eigenvalue weighted by molar-refractivity contribution is 8.00. The first-order valence-corrected chi connectivity index (χ1v) is 35.2. The lowest BCUT2D eigenvalue weighted by Crippen LogP contribution is -2.59. The van der Waals surface area contributed by atoms with Crippen LogP contribution in [-0.4, -0.2) is 248 Å². The van der Waals surface area contributed by atoms with Gasteiger partial charge in [0.2, 0.25) is 6.29 Å². The minimum atomic E-state index is -2.38. The maximum Gasteiger partial charge on any atom is 0.229 e. The molecule has 13 rings (SSSR count). The third-order valence-electron chi connectivity index (χ3n) is 19.0. The molecule has 0 spiro atoms. The number of rotatable bonds is 17. The maximum absolute atomic E-state index is 17.6. The Labute approximate surface area is 616 Å². The number of aliphatic hydroxyl groups is 16. The molecule has 4 fully saturated rings. The Balaban J connectivity index is 1.11. The number of aromatic nitrogens is 4. The molecule has 18 N–H and O–H groups in total. The van der Waals surface area contributed by atoms with Crippen molar-refractivity contribution >= 4 is 81.7 Å². The largest absolute Gasteiger partial charge is 0.462 e. The number of aromatic amines is 2. The van der Waals surface area contributed by atoms with E-state index in [-0.39, 0.29) is 57.7 Å². The number of halogens is 12. The van der Waals surface area contributed by atoms with Gasteiger partial charge in [-0.3, -0.25) is 0 Å². The highest BCUT2D eigenvalue weighted by atomic mass is 32.2. The molecule has 8 bridgehead atoms. The monoisotopic (exact) mass is 1600 g/mol. The number of nitrogens with zero attached hydrogens (tertiary/aromatic N) is 2. The van der Waals surface area contributed by atoms with Gasteiger partial charge in [0.1, 0.15) is 107 Å². The third kappa shape index (κ3) is 14.0. The Kier molecular flexibility index (Phi) is 22.9. The number of hydrogen-bond donors (Lipinski definition) is 18. The van der Waals surface area contributed by atoms with Crippen LogP contribution in [0.5, 0.6) is 5.75 Å². The number of ether oxygens (including phenoxy) is 5. The fourth-order valence-corrected chi connectivity index (χ4v) is 16.5. The molecule has 7 aromatic rings. The first-order chi connectivity index (χ1) is 51.8. The summed E-state index contributed by atoms with van der Waals surface area (Å²) in [5.74, 6) is -27.9. The summed E-state index contributed by atoms with van der Waals surface area (Å²) in [6.07, 6.45) is -27.1. The average molecular weight is 1610 g/mol. The van der Waals surface area contributed by atoms with Crippen molar-refractivity contribution in [3.63, 3.8) is 0 Å².